The Balaban J connectivity index is 1.81. The minimum atomic E-state index is 0.268. The van der Waals surface area contributed by atoms with E-state index in [9.17, 15) is 0 Å². The fraction of sp³-hybridized carbons (Fsp3) is 0.647. The minimum absolute atomic E-state index is 0.268. The van der Waals surface area contributed by atoms with E-state index in [4.69, 9.17) is 0 Å². The van der Waals surface area contributed by atoms with Crippen molar-refractivity contribution >= 4 is 0 Å². The van der Waals surface area contributed by atoms with Crippen molar-refractivity contribution in [3.63, 3.8) is 0 Å². The predicted molar refractivity (Wildman–Crippen MR) is 77.0 cm³/mol. The van der Waals surface area contributed by atoms with Crippen LogP contribution in [-0.4, -0.2) is 13.1 Å². The molecule has 1 heteroatoms. The average molecular weight is 243 g/mol. The molecule has 1 spiro atoms. The Morgan fingerprint density at radius 2 is 2.00 bits per heavy atom. The fourth-order valence-electron chi connectivity index (χ4n) is 3.55. The van der Waals surface area contributed by atoms with Crippen LogP contribution >= 0.6 is 0 Å². The van der Waals surface area contributed by atoms with Gasteiger partial charge in [0.05, 0.1) is 0 Å². The number of nitrogens with one attached hydrogen (secondary N) is 1. The van der Waals surface area contributed by atoms with Gasteiger partial charge in [-0.2, -0.15) is 0 Å². The van der Waals surface area contributed by atoms with E-state index in [0.29, 0.717) is 5.41 Å². The molecule has 0 aromatic heterocycles. The van der Waals surface area contributed by atoms with Gasteiger partial charge in [-0.1, -0.05) is 45.0 Å². The van der Waals surface area contributed by atoms with Crippen molar-refractivity contribution in [2.75, 3.05) is 13.1 Å². The highest BCUT2D eigenvalue weighted by Crippen LogP contribution is 2.49. The summed E-state index contributed by atoms with van der Waals surface area (Å²) in [4.78, 5) is 0. The molecule has 0 unspecified atom stereocenters. The Labute approximate surface area is 111 Å². The Morgan fingerprint density at radius 1 is 1.22 bits per heavy atom. The molecule has 0 bridgehead atoms. The van der Waals surface area contributed by atoms with E-state index in [-0.39, 0.29) is 5.41 Å². The lowest BCUT2D eigenvalue weighted by Crippen LogP contribution is -2.51. The van der Waals surface area contributed by atoms with Crippen LogP contribution in [0.4, 0.5) is 0 Å². The molecule has 3 rings (SSSR count). The third kappa shape index (κ3) is 2.09. The summed E-state index contributed by atoms with van der Waals surface area (Å²) in [7, 11) is 0. The molecule has 1 atom stereocenters. The second-order valence-corrected chi connectivity index (χ2v) is 7.42. The molecule has 1 aliphatic carbocycles. The van der Waals surface area contributed by atoms with Crippen molar-refractivity contribution in [3.05, 3.63) is 35.4 Å². The molecule has 1 saturated heterocycles. The summed E-state index contributed by atoms with van der Waals surface area (Å²) in [6, 6.07) is 9.32. The Bertz CT molecular complexity index is 437. The largest absolute Gasteiger partial charge is 0.316 e. The molecule has 1 nitrogen and oxygen atoms in total. The first-order chi connectivity index (χ1) is 8.49. The minimum Gasteiger partial charge on any atom is -0.316 e. The third-order valence-electron chi connectivity index (χ3n) is 4.93. The predicted octanol–water partition coefficient (Wildman–Crippen LogP) is 3.84. The average Bonchev–Trinajstić information content (AvgIpc) is 2.73. The van der Waals surface area contributed by atoms with Crippen LogP contribution in [0, 0.1) is 5.41 Å². The van der Waals surface area contributed by atoms with E-state index in [1.807, 2.05) is 0 Å². The van der Waals surface area contributed by atoms with Crippen LogP contribution < -0.4 is 5.32 Å². The number of rotatable bonds is 1. The Morgan fingerprint density at radius 3 is 2.56 bits per heavy atom. The topological polar surface area (TPSA) is 12.0 Å². The number of benzene rings is 1. The van der Waals surface area contributed by atoms with E-state index in [0.717, 1.165) is 5.92 Å². The summed E-state index contributed by atoms with van der Waals surface area (Å²) in [5, 5.41) is 3.45. The molecule has 18 heavy (non-hydrogen) atoms. The molecule has 1 heterocycles. The molecule has 2 fully saturated rings. The maximum Gasteiger partial charge on any atom is 0.00204 e. The molecule has 1 aliphatic heterocycles. The monoisotopic (exact) mass is 243 g/mol. The Kier molecular flexibility index (Phi) is 2.78. The van der Waals surface area contributed by atoms with Crippen LogP contribution in [0.1, 0.15) is 57.1 Å². The molecular formula is C17H25N. The van der Waals surface area contributed by atoms with Crippen molar-refractivity contribution in [3.8, 4) is 0 Å². The van der Waals surface area contributed by atoms with E-state index < -0.39 is 0 Å². The smallest absolute Gasteiger partial charge is 0.00204 e. The Hall–Kier alpha value is -0.820. The molecule has 2 aliphatic rings. The summed E-state index contributed by atoms with van der Waals surface area (Å²) in [5.41, 5.74) is 3.98. The van der Waals surface area contributed by atoms with Gasteiger partial charge in [0.2, 0.25) is 0 Å². The summed E-state index contributed by atoms with van der Waals surface area (Å²) in [6.07, 6.45) is 4.20. The summed E-state index contributed by atoms with van der Waals surface area (Å²) < 4.78 is 0. The van der Waals surface area contributed by atoms with Gasteiger partial charge in [-0.05, 0) is 47.1 Å². The highest BCUT2D eigenvalue weighted by molar-refractivity contribution is 5.32. The lowest BCUT2D eigenvalue weighted by Gasteiger charge is -2.39. The molecule has 1 N–H and O–H groups in total. The summed E-state index contributed by atoms with van der Waals surface area (Å²) in [6.45, 7) is 9.42. The molecule has 1 aromatic carbocycles. The van der Waals surface area contributed by atoms with E-state index in [1.165, 1.54) is 37.9 Å². The van der Waals surface area contributed by atoms with Crippen LogP contribution in [0.15, 0.2) is 24.3 Å². The molecule has 0 radical (unpaired) electrons. The van der Waals surface area contributed by atoms with E-state index in [2.05, 4.69) is 50.4 Å². The fourth-order valence-corrected chi connectivity index (χ4v) is 3.55. The van der Waals surface area contributed by atoms with E-state index >= 15 is 0 Å². The van der Waals surface area contributed by atoms with Gasteiger partial charge in [0.25, 0.3) is 0 Å². The molecule has 1 aromatic rings. The van der Waals surface area contributed by atoms with Crippen molar-refractivity contribution < 1.29 is 0 Å². The molecular weight excluding hydrogens is 218 g/mol. The molecule has 1 saturated carbocycles. The first-order valence-corrected chi connectivity index (χ1v) is 7.30. The van der Waals surface area contributed by atoms with Crippen molar-refractivity contribution in [1.29, 1.82) is 0 Å². The number of hydrogen-bond acceptors (Lipinski definition) is 1. The maximum atomic E-state index is 3.45. The first kappa shape index (κ1) is 12.2. The molecule has 0 amide bonds. The van der Waals surface area contributed by atoms with Crippen molar-refractivity contribution in [2.45, 2.75) is 51.4 Å². The van der Waals surface area contributed by atoms with Gasteiger partial charge in [-0.3, -0.25) is 0 Å². The maximum absolute atomic E-state index is 3.45. The van der Waals surface area contributed by atoms with Gasteiger partial charge in [-0.15, -0.1) is 0 Å². The van der Waals surface area contributed by atoms with Crippen LogP contribution in [0.3, 0.4) is 0 Å². The lowest BCUT2D eigenvalue weighted by molar-refractivity contribution is 0.175. The normalized spacial score (nSPS) is 26.3. The quantitative estimate of drug-likeness (QED) is 0.790. The van der Waals surface area contributed by atoms with Crippen molar-refractivity contribution in [2.24, 2.45) is 5.41 Å². The first-order valence-electron chi connectivity index (χ1n) is 7.30. The van der Waals surface area contributed by atoms with Crippen LogP contribution in [0.2, 0.25) is 0 Å². The molecule has 98 valence electrons. The second kappa shape index (κ2) is 4.09. The standard InChI is InChI=1S/C17H25N/c1-16(2,3)15-6-4-5-13(9-15)14-7-8-17(10-14)11-18-12-17/h4-6,9,14,18H,7-8,10-12H2,1-3H3/t14-/m1/s1. The zero-order valence-electron chi connectivity index (χ0n) is 11.9. The van der Waals surface area contributed by atoms with Gasteiger partial charge >= 0.3 is 0 Å². The summed E-state index contributed by atoms with van der Waals surface area (Å²) in [5.74, 6) is 0.800. The van der Waals surface area contributed by atoms with Crippen LogP contribution in [0.25, 0.3) is 0 Å². The van der Waals surface area contributed by atoms with Gasteiger partial charge in [-0.25, -0.2) is 0 Å². The third-order valence-corrected chi connectivity index (χ3v) is 4.93. The zero-order chi connectivity index (χ0) is 12.8. The zero-order valence-corrected chi connectivity index (χ0v) is 11.9. The van der Waals surface area contributed by atoms with Gasteiger partial charge in [0.15, 0.2) is 0 Å². The second-order valence-electron chi connectivity index (χ2n) is 7.42. The highest BCUT2D eigenvalue weighted by Gasteiger charge is 2.43. The summed E-state index contributed by atoms with van der Waals surface area (Å²) >= 11 is 0. The number of hydrogen-bond donors (Lipinski definition) is 1. The SMILES string of the molecule is CC(C)(C)c1cccc([C@@H]2CCC3(CNC3)C2)c1. The van der Waals surface area contributed by atoms with Crippen molar-refractivity contribution in [1.82, 2.24) is 5.32 Å². The van der Waals surface area contributed by atoms with Crippen LogP contribution in [0.5, 0.6) is 0 Å². The van der Waals surface area contributed by atoms with Crippen LogP contribution in [-0.2, 0) is 5.41 Å². The lowest BCUT2D eigenvalue weighted by atomic mass is 9.78. The van der Waals surface area contributed by atoms with E-state index in [1.54, 1.807) is 5.56 Å². The van der Waals surface area contributed by atoms with Gasteiger partial charge in [0, 0.05) is 13.1 Å². The van der Waals surface area contributed by atoms with Gasteiger partial charge < -0.3 is 5.32 Å². The van der Waals surface area contributed by atoms with Gasteiger partial charge in [0.1, 0.15) is 0 Å². The highest BCUT2D eigenvalue weighted by atomic mass is 15.0.